The number of carbonyl (C=O) groups is 3. The molecule has 0 aliphatic carbocycles. The molecule has 0 radical (unpaired) electrons. The van der Waals surface area contributed by atoms with Gasteiger partial charge >= 0.3 is 17.9 Å². The summed E-state index contributed by atoms with van der Waals surface area (Å²) in [7, 11) is 2.68. The summed E-state index contributed by atoms with van der Waals surface area (Å²) in [6.07, 6.45) is -0.276. The van der Waals surface area contributed by atoms with Crippen LogP contribution < -0.4 is 0 Å². The molecular formula is C25H33NO7S3. The highest BCUT2D eigenvalue weighted by molar-refractivity contribution is 8.83. The molecule has 8 nitrogen and oxygen atoms in total. The molecule has 0 bridgehead atoms. The second kappa shape index (κ2) is 13.6. The van der Waals surface area contributed by atoms with E-state index < -0.39 is 47.8 Å². The van der Waals surface area contributed by atoms with E-state index >= 15 is 0 Å². The summed E-state index contributed by atoms with van der Waals surface area (Å²) in [5.74, 6) is -1.06. The van der Waals surface area contributed by atoms with Crippen LogP contribution in [0.3, 0.4) is 0 Å². The maximum Gasteiger partial charge on any atom is 0.303 e. The van der Waals surface area contributed by atoms with Crippen molar-refractivity contribution in [3.05, 3.63) is 35.9 Å². The van der Waals surface area contributed by atoms with E-state index in [9.17, 15) is 14.4 Å². The quantitative estimate of drug-likeness (QED) is 0.210. The van der Waals surface area contributed by atoms with E-state index in [-0.39, 0.29) is 0 Å². The van der Waals surface area contributed by atoms with Crippen molar-refractivity contribution in [2.45, 2.75) is 76.8 Å². The molecule has 11 heteroatoms. The standard InChI is InChI=1S/C25H33NO7S3/c1-15-21(31-16(2)27)22(32-17(3)28)23(33-18(4)29)24(30-15)35-36-25(34)26-12-10-20(11-13-26)14-19-8-6-5-7-9-19/h5-9,15,20-24H,10-14H2,1-4H3/t15?,21-,22?,23?,24-/m1/s1. The van der Waals surface area contributed by atoms with Gasteiger partial charge in [-0.25, -0.2) is 0 Å². The minimum Gasteiger partial charge on any atom is -0.456 e. The van der Waals surface area contributed by atoms with Crippen LogP contribution in [0.1, 0.15) is 46.1 Å². The van der Waals surface area contributed by atoms with Gasteiger partial charge in [0.25, 0.3) is 0 Å². The third-order valence-electron chi connectivity index (χ3n) is 6.09. The van der Waals surface area contributed by atoms with Crippen LogP contribution in [0.4, 0.5) is 0 Å². The summed E-state index contributed by atoms with van der Waals surface area (Å²) in [6.45, 7) is 7.26. The zero-order chi connectivity index (χ0) is 26.2. The Kier molecular flexibility index (Phi) is 10.9. The van der Waals surface area contributed by atoms with E-state index in [0.717, 1.165) is 36.7 Å². The lowest BCUT2D eigenvalue weighted by Gasteiger charge is -2.43. The van der Waals surface area contributed by atoms with Crippen molar-refractivity contribution in [2.75, 3.05) is 13.1 Å². The molecule has 1 aromatic carbocycles. The third-order valence-corrected chi connectivity index (χ3v) is 9.31. The number of hydrogen-bond acceptors (Lipinski definition) is 10. The van der Waals surface area contributed by atoms with E-state index in [1.54, 1.807) is 6.92 Å². The Balaban J connectivity index is 1.60. The van der Waals surface area contributed by atoms with Gasteiger partial charge in [-0.3, -0.25) is 14.4 Å². The van der Waals surface area contributed by atoms with E-state index in [0.29, 0.717) is 5.92 Å². The van der Waals surface area contributed by atoms with Crippen LogP contribution in [0.2, 0.25) is 0 Å². The topological polar surface area (TPSA) is 91.4 Å². The Hall–Kier alpha value is -1.82. The number of rotatable bonds is 7. The molecule has 0 spiro atoms. The Bertz CT molecular complexity index is 923. The van der Waals surface area contributed by atoms with Crippen LogP contribution in [0.5, 0.6) is 0 Å². The van der Waals surface area contributed by atoms with E-state index in [2.05, 4.69) is 29.2 Å². The predicted octanol–water partition coefficient (Wildman–Crippen LogP) is 4.15. The normalized spacial score (nSPS) is 26.7. The summed E-state index contributed by atoms with van der Waals surface area (Å²) in [5.41, 5.74) is 0.677. The van der Waals surface area contributed by atoms with Crippen LogP contribution in [0.15, 0.2) is 30.3 Å². The molecule has 0 N–H and O–H groups in total. The van der Waals surface area contributed by atoms with Gasteiger partial charge in [-0.05, 0) is 48.5 Å². The molecule has 198 valence electrons. The molecule has 2 fully saturated rings. The molecule has 5 atom stereocenters. The maximum absolute atomic E-state index is 11.9. The summed E-state index contributed by atoms with van der Waals surface area (Å²) in [5, 5.41) is 0. The molecule has 2 saturated heterocycles. The zero-order valence-electron chi connectivity index (χ0n) is 20.9. The number of hydrogen-bond donors (Lipinski definition) is 0. The van der Waals surface area contributed by atoms with Crippen molar-refractivity contribution in [1.82, 2.24) is 4.90 Å². The largest absolute Gasteiger partial charge is 0.456 e. The second-order valence-corrected chi connectivity index (χ2v) is 11.9. The lowest BCUT2D eigenvalue weighted by molar-refractivity contribution is -0.228. The fourth-order valence-electron chi connectivity index (χ4n) is 4.46. The third kappa shape index (κ3) is 8.36. The van der Waals surface area contributed by atoms with Crippen LogP contribution >= 0.6 is 33.8 Å². The zero-order valence-corrected chi connectivity index (χ0v) is 23.4. The fraction of sp³-hybridized carbons (Fsp3) is 0.600. The molecule has 1 aromatic rings. The monoisotopic (exact) mass is 555 g/mol. The number of benzene rings is 1. The SMILES string of the molecule is CC(=O)OC1C(OC(C)=O)[C@@H](SSC(=S)N2CCC(Cc3ccccc3)CC2)OC(C)[C@H]1OC(C)=O. The minimum atomic E-state index is -1.00. The van der Waals surface area contributed by atoms with Gasteiger partial charge in [0.1, 0.15) is 4.32 Å². The molecule has 3 unspecified atom stereocenters. The molecule has 2 heterocycles. The number of thiocarbonyl (C=S) groups is 1. The van der Waals surface area contributed by atoms with Gasteiger partial charge in [-0.1, -0.05) is 53.3 Å². The first-order chi connectivity index (χ1) is 17.1. The molecule has 0 amide bonds. The highest BCUT2D eigenvalue weighted by Gasteiger charge is 2.50. The molecule has 2 aliphatic heterocycles. The minimum absolute atomic E-state index is 0.550. The molecule has 0 aromatic heterocycles. The first-order valence-electron chi connectivity index (χ1n) is 12.0. The first-order valence-corrected chi connectivity index (χ1v) is 14.6. The van der Waals surface area contributed by atoms with Gasteiger partial charge in [0.05, 0.1) is 6.10 Å². The van der Waals surface area contributed by atoms with Crippen molar-refractivity contribution in [2.24, 2.45) is 5.92 Å². The summed E-state index contributed by atoms with van der Waals surface area (Å²) < 4.78 is 23.1. The van der Waals surface area contributed by atoms with Crippen molar-refractivity contribution < 1.29 is 33.3 Å². The smallest absolute Gasteiger partial charge is 0.303 e. The number of ether oxygens (including phenoxy) is 4. The van der Waals surface area contributed by atoms with Gasteiger partial charge in [0, 0.05) is 33.9 Å². The van der Waals surface area contributed by atoms with Crippen LogP contribution in [0.25, 0.3) is 0 Å². The maximum atomic E-state index is 11.9. The first kappa shape index (κ1) is 28.7. The number of nitrogens with zero attached hydrogens (tertiary/aromatic N) is 1. The Morgan fingerprint density at radius 1 is 0.944 bits per heavy atom. The summed E-state index contributed by atoms with van der Waals surface area (Å²) in [6, 6.07) is 10.5. The Labute approximate surface area is 225 Å². The van der Waals surface area contributed by atoms with Crippen LogP contribution in [0, 0.1) is 5.92 Å². The highest BCUT2D eigenvalue weighted by atomic mass is 33.1. The summed E-state index contributed by atoms with van der Waals surface area (Å²) >= 11 is 5.70. The van der Waals surface area contributed by atoms with Crippen molar-refractivity contribution >= 4 is 56.0 Å². The average Bonchev–Trinajstić information content (AvgIpc) is 2.82. The summed E-state index contributed by atoms with van der Waals surface area (Å²) in [4.78, 5) is 37.5. The fourth-order valence-corrected chi connectivity index (χ4v) is 7.31. The molecule has 2 aliphatic rings. The van der Waals surface area contributed by atoms with Gasteiger partial charge in [0.15, 0.2) is 23.7 Å². The second-order valence-electron chi connectivity index (χ2n) is 9.00. The van der Waals surface area contributed by atoms with Gasteiger partial charge in [-0.15, -0.1) is 0 Å². The Morgan fingerprint density at radius 3 is 2.08 bits per heavy atom. The predicted molar refractivity (Wildman–Crippen MR) is 143 cm³/mol. The van der Waals surface area contributed by atoms with Crippen molar-refractivity contribution in [3.63, 3.8) is 0 Å². The molecule has 3 rings (SSSR count). The number of piperidine rings is 1. The average molecular weight is 556 g/mol. The van der Waals surface area contributed by atoms with E-state index in [4.69, 9.17) is 31.2 Å². The van der Waals surface area contributed by atoms with Gasteiger partial charge in [0.2, 0.25) is 0 Å². The molecular weight excluding hydrogens is 522 g/mol. The molecule has 36 heavy (non-hydrogen) atoms. The Morgan fingerprint density at radius 2 is 1.50 bits per heavy atom. The number of esters is 3. The van der Waals surface area contributed by atoms with Crippen molar-refractivity contribution in [1.29, 1.82) is 0 Å². The number of likely N-dealkylation sites (tertiary alicyclic amines) is 1. The lowest BCUT2D eigenvalue weighted by Crippen LogP contribution is -2.59. The van der Waals surface area contributed by atoms with E-state index in [1.807, 2.05) is 6.07 Å². The number of carbonyl (C=O) groups excluding carboxylic acids is 3. The highest BCUT2D eigenvalue weighted by Crippen LogP contribution is 2.40. The van der Waals surface area contributed by atoms with E-state index in [1.165, 1.54) is 47.9 Å². The van der Waals surface area contributed by atoms with Crippen LogP contribution in [-0.2, 0) is 39.8 Å². The van der Waals surface area contributed by atoms with Crippen molar-refractivity contribution in [3.8, 4) is 0 Å². The van der Waals surface area contributed by atoms with Gasteiger partial charge < -0.3 is 23.8 Å². The lowest BCUT2D eigenvalue weighted by atomic mass is 9.90. The van der Waals surface area contributed by atoms with Crippen LogP contribution in [-0.4, -0.2) is 70.1 Å². The molecule has 0 saturated carbocycles. The van der Waals surface area contributed by atoms with Gasteiger partial charge in [-0.2, -0.15) is 0 Å².